The molecule has 2 aromatic carbocycles. The average Bonchev–Trinajstić information content (AvgIpc) is 3.06. The zero-order chi connectivity index (χ0) is 18.3. The van der Waals surface area contributed by atoms with Crippen molar-refractivity contribution < 1.29 is 17.2 Å². The minimum absolute atomic E-state index is 0.153. The molecule has 0 bridgehead atoms. The second kappa shape index (κ2) is 6.26. The van der Waals surface area contributed by atoms with Crippen molar-refractivity contribution in [3.05, 3.63) is 66.4 Å². The first kappa shape index (κ1) is 16.8. The molecule has 0 aliphatic carbocycles. The normalized spacial score (nSPS) is 15.8. The highest BCUT2D eigenvalue weighted by molar-refractivity contribution is 7.89. The molecule has 9 heteroatoms. The average molecular weight is 376 g/mol. The van der Waals surface area contributed by atoms with Crippen molar-refractivity contribution in [1.29, 1.82) is 0 Å². The molecule has 2 heterocycles. The summed E-state index contributed by atoms with van der Waals surface area (Å²) in [4.78, 5) is -0.265. The minimum atomic E-state index is -3.86. The monoisotopic (exact) mass is 376 g/mol. The summed E-state index contributed by atoms with van der Waals surface area (Å²) in [6, 6.07) is 11.9. The van der Waals surface area contributed by atoms with Gasteiger partial charge in [0.25, 0.3) is 0 Å². The van der Waals surface area contributed by atoms with Gasteiger partial charge in [-0.05, 0) is 18.2 Å². The summed E-state index contributed by atoms with van der Waals surface area (Å²) < 4.78 is 54.1. The molecule has 1 fully saturated rings. The molecule has 4 rings (SSSR count). The molecule has 26 heavy (non-hydrogen) atoms. The zero-order valence-corrected chi connectivity index (χ0v) is 14.3. The van der Waals surface area contributed by atoms with Crippen molar-refractivity contribution in [3.8, 4) is 11.3 Å². The molecule has 3 aromatic rings. The first-order chi connectivity index (χ1) is 12.4. The maximum Gasteiger partial charge on any atom is 0.243 e. The molecule has 0 saturated carbocycles. The van der Waals surface area contributed by atoms with Crippen LogP contribution < -0.4 is 0 Å². The third-order valence-electron chi connectivity index (χ3n) is 4.31. The Kier molecular flexibility index (Phi) is 4.04. The van der Waals surface area contributed by atoms with Crippen LogP contribution in [-0.4, -0.2) is 40.8 Å². The van der Waals surface area contributed by atoms with Gasteiger partial charge in [-0.2, -0.15) is 4.31 Å². The van der Waals surface area contributed by atoms with Gasteiger partial charge in [0.05, 0.1) is 17.1 Å². The first-order valence-electron chi connectivity index (χ1n) is 7.87. The molecule has 1 saturated heterocycles. The minimum Gasteiger partial charge on any atom is -0.246 e. The number of halogens is 2. The fourth-order valence-electron chi connectivity index (χ4n) is 2.76. The van der Waals surface area contributed by atoms with Crippen molar-refractivity contribution in [3.63, 3.8) is 0 Å². The molecule has 1 aliphatic rings. The Balaban J connectivity index is 1.48. The Bertz CT molecular complexity index is 1050. The van der Waals surface area contributed by atoms with Gasteiger partial charge in [-0.1, -0.05) is 35.5 Å². The number of benzene rings is 2. The van der Waals surface area contributed by atoms with E-state index in [2.05, 4.69) is 10.3 Å². The number of sulfonamides is 1. The molecule has 0 radical (unpaired) electrons. The zero-order valence-electron chi connectivity index (χ0n) is 13.5. The Morgan fingerprint density at radius 2 is 1.73 bits per heavy atom. The van der Waals surface area contributed by atoms with Crippen LogP contribution in [0.25, 0.3) is 11.3 Å². The Morgan fingerprint density at radius 1 is 1.00 bits per heavy atom. The van der Waals surface area contributed by atoms with E-state index in [1.807, 2.05) is 30.3 Å². The summed E-state index contributed by atoms with van der Waals surface area (Å²) in [5.74, 6) is -2.27. The molecular formula is C17H14F2N4O2S. The number of aromatic nitrogens is 3. The number of nitrogens with zero attached hydrogens (tertiary/aromatic N) is 4. The second-order valence-corrected chi connectivity index (χ2v) is 7.94. The van der Waals surface area contributed by atoms with Crippen molar-refractivity contribution in [1.82, 2.24) is 19.3 Å². The lowest BCUT2D eigenvalue weighted by atomic mass is 10.1. The number of rotatable bonds is 4. The summed E-state index contributed by atoms with van der Waals surface area (Å²) in [7, 11) is -3.86. The van der Waals surface area contributed by atoms with Crippen LogP contribution in [0.2, 0.25) is 0 Å². The number of hydrogen-bond acceptors (Lipinski definition) is 4. The highest BCUT2D eigenvalue weighted by Crippen LogP contribution is 2.29. The maximum absolute atomic E-state index is 13.3. The van der Waals surface area contributed by atoms with Crippen LogP contribution in [0.1, 0.15) is 6.04 Å². The smallest absolute Gasteiger partial charge is 0.243 e. The highest BCUT2D eigenvalue weighted by Gasteiger charge is 2.38. The maximum atomic E-state index is 13.3. The number of hydrogen-bond donors (Lipinski definition) is 0. The van der Waals surface area contributed by atoms with Crippen LogP contribution in [0.15, 0.2) is 59.6 Å². The summed E-state index contributed by atoms with van der Waals surface area (Å²) in [6.45, 7) is 0.387. The van der Waals surface area contributed by atoms with Crippen LogP contribution in [0.4, 0.5) is 8.78 Å². The quantitative estimate of drug-likeness (QED) is 0.702. The van der Waals surface area contributed by atoms with Gasteiger partial charge < -0.3 is 0 Å². The van der Waals surface area contributed by atoms with Gasteiger partial charge in [0.15, 0.2) is 11.6 Å². The Labute approximate surface area is 148 Å². The molecule has 6 nitrogen and oxygen atoms in total. The molecule has 0 unspecified atom stereocenters. The van der Waals surface area contributed by atoms with Crippen molar-refractivity contribution in [2.24, 2.45) is 0 Å². The van der Waals surface area contributed by atoms with E-state index >= 15 is 0 Å². The van der Waals surface area contributed by atoms with Crippen LogP contribution in [0.5, 0.6) is 0 Å². The second-order valence-electron chi connectivity index (χ2n) is 6.00. The molecule has 0 spiro atoms. The van der Waals surface area contributed by atoms with Gasteiger partial charge in [0.2, 0.25) is 10.0 Å². The summed E-state index contributed by atoms with van der Waals surface area (Å²) in [5, 5.41) is 8.17. The summed E-state index contributed by atoms with van der Waals surface area (Å²) >= 11 is 0. The third-order valence-corrected chi connectivity index (χ3v) is 6.14. The molecule has 0 atom stereocenters. The van der Waals surface area contributed by atoms with E-state index in [0.29, 0.717) is 11.8 Å². The third kappa shape index (κ3) is 2.89. The van der Waals surface area contributed by atoms with E-state index in [9.17, 15) is 17.2 Å². The lowest BCUT2D eigenvalue weighted by Crippen LogP contribution is -2.50. The summed E-state index contributed by atoms with van der Waals surface area (Å²) in [6.07, 6.45) is 1.77. The Morgan fingerprint density at radius 3 is 2.42 bits per heavy atom. The first-order valence-corrected chi connectivity index (χ1v) is 9.31. The largest absolute Gasteiger partial charge is 0.246 e. The summed E-state index contributed by atoms with van der Waals surface area (Å²) in [5.41, 5.74) is 1.62. The van der Waals surface area contributed by atoms with Crippen LogP contribution in [0, 0.1) is 11.6 Å². The molecule has 0 amide bonds. The lowest BCUT2D eigenvalue weighted by molar-refractivity contribution is 0.189. The van der Waals surface area contributed by atoms with E-state index in [1.165, 1.54) is 4.31 Å². The van der Waals surface area contributed by atoms with Crippen molar-refractivity contribution >= 4 is 10.0 Å². The van der Waals surface area contributed by atoms with E-state index in [0.717, 1.165) is 17.7 Å². The van der Waals surface area contributed by atoms with Crippen LogP contribution >= 0.6 is 0 Å². The standard InChI is InChI=1S/C17H14F2N4O2S/c18-15-7-6-14(8-16(15)19)26(24,25)22-9-13(10-22)23-11-17(20-21-23)12-4-2-1-3-5-12/h1-8,11,13H,9-10H2. The molecule has 0 N–H and O–H groups in total. The predicted octanol–water partition coefficient (Wildman–Crippen LogP) is 2.47. The molecular weight excluding hydrogens is 362 g/mol. The van der Waals surface area contributed by atoms with E-state index in [-0.39, 0.29) is 24.0 Å². The fraction of sp³-hybridized carbons (Fsp3) is 0.176. The van der Waals surface area contributed by atoms with Crippen LogP contribution in [-0.2, 0) is 10.0 Å². The molecule has 1 aromatic heterocycles. The van der Waals surface area contributed by atoms with Gasteiger partial charge >= 0.3 is 0 Å². The SMILES string of the molecule is O=S(=O)(c1ccc(F)c(F)c1)N1CC(n2cc(-c3ccccc3)nn2)C1. The van der Waals surface area contributed by atoms with Gasteiger partial charge in [0.1, 0.15) is 5.69 Å². The van der Waals surface area contributed by atoms with Gasteiger partial charge in [0, 0.05) is 18.7 Å². The van der Waals surface area contributed by atoms with E-state index < -0.39 is 21.7 Å². The van der Waals surface area contributed by atoms with Gasteiger partial charge in [-0.25, -0.2) is 21.9 Å². The van der Waals surface area contributed by atoms with Gasteiger partial charge in [-0.3, -0.25) is 0 Å². The molecule has 134 valence electrons. The van der Waals surface area contributed by atoms with E-state index in [4.69, 9.17) is 0 Å². The lowest BCUT2D eigenvalue weighted by Gasteiger charge is -2.37. The van der Waals surface area contributed by atoms with Crippen LogP contribution in [0.3, 0.4) is 0 Å². The fourth-order valence-corrected chi connectivity index (χ4v) is 4.29. The van der Waals surface area contributed by atoms with Crippen molar-refractivity contribution in [2.75, 3.05) is 13.1 Å². The predicted molar refractivity (Wildman–Crippen MR) is 89.6 cm³/mol. The molecule has 1 aliphatic heterocycles. The Hall–Kier alpha value is -2.65. The highest BCUT2D eigenvalue weighted by atomic mass is 32.2. The van der Waals surface area contributed by atoms with E-state index in [1.54, 1.807) is 10.9 Å². The van der Waals surface area contributed by atoms with Gasteiger partial charge in [-0.15, -0.1) is 5.10 Å². The van der Waals surface area contributed by atoms with Crippen molar-refractivity contribution in [2.45, 2.75) is 10.9 Å². The topological polar surface area (TPSA) is 68.1 Å².